The highest BCUT2D eigenvalue weighted by molar-refractivity contribution is 8.14. The first-order valence-corrected chi connectivity index (χ1v) is 10.1. The van der Waals surface area contributed by atoms with Gasteiger partial charge in [-0.05, 0) is 78.9 Å². The topological polar surface area (TPSA) is 59.4 Å². The smallest absolute Gasteiger partial charge is 0.334 e. The maximum absolute atomic E-state index is 11.7. The number of esters is 1. The van der Waals surface area contributed by atoms with Crippen LogP contribution in [0.1, 0.15) is 67.2 Å². The van der Waals surface area contributed by atoms with Gasteiger partial charge in [0, 0.05) is 5.57 Å². The van der Waals surface area contributed by atoms with Crippen molar-refractivity contribution in [3.63, 3.8) is 0 Å². The molecule has 0 amide bonds. The zero-order chi connectivity index (χ0) is 19.5. The molecule has 0 radical (unpaired) electrons. The van der Waals surface area contributed by atoms with E-state index in [1.165, 1.54) is 11.1 Å². The van der Waals surface area contributed by atoms with Crippen LogP contribution < -0.4 is 0 Å². The van der Waals surface area contributed by atoms with Gasteiger partial charge in [-0.1, -0.05) is 29.0 Å². The Bertz CT molecular complexity index is 673. The van der Waals surface area contributed by atoms with E-state index in [2.05, 4.69) is 33.8 Å². The lowest BCUT2D eigenvalue weighted by atomic mass is 9.92. The van der Waals surface area contributed by atoms with Crippen molar-refractivity contribution in [3.8, 4) is 0 Å². The minimum absolute atomic E-state index is 0.0402. The van der Waals surface area contributed by atoms with Gasteiger partial charge >= 0.3 is 5.97 Å². The van der Waals surface area contributed by atoms with E-state index in [4.69, 9.17) is 14.9 Å². The fourth-order valence-electron chi connectivity index (χ4n) is 3.31. The predicted molar refractivity (Wildman–Crippen MR) is 109 cm³/mol. The van der Waals surface area contributed by atoms with Crippen molar-refractivity contribution in [2.45, 2.75) is 84.2 Å². The van der Waals surface area contributed by atoms with Gasteiger partial charge in [0.15, 0.2) is 0 Å². The molecule has 1 saturated heterocycles. The maximum Gasteiger partial charge on any atom is 0.334 e. The van der Waals surface area contributed by atoms with Crippen LogP contribution >= 0.6 is 11.8 Å². The van der Waals surface area contributed by atoms with E-state index in [1.807, 2.05) is 19.9 Å². The molecule has 3 atom stereocenters. The van der Waals surface area contributed by atoms with Crippen LogP contribution in [-0.4, -0.2) is 28.2 Å². The molecule has 2 heterocycles. The summed E-state index contributed by atoms with van der Waals surface area (Å²) < 4.78 is 11.2. The van der Waals surface area contributed by atoms with E-state index in [0.717, 1.165) is 36.8 Å². The number of carbonyl (C=O) groups excluding carboxylic acids is 1. The summed E-state index contributed by atoms with van der Waals surface area (Å²) in [4.78, 5) is 11.7. The molecule has 5 heteroatoms. The average Bonchev–Trinajstić information content (AvgIpc) is 2.95. The first kappa shape index (κ1) is 20.8. The SMILES string of the molecule is CC(C)=CCC[C@]1(C)SC(=N)O[C@@H]1CC/C(C)=C/[C@@H]1OC(=O)C(C)=C1C. The van der Waals surface area contributed by atoms with Gasteiger partial charge in [0.25, 0.3) is 0 Å². The highest BCUT2D eigenvalue weighted by Crippen LogP contribution is 2.44. The lowest BCUT2D eigenvalue weighted by Crippen LogP contribution is -2.32. The summed E-state index contributed by atoms with van der Waals surface area (Å²) in [5.74, 6) is -0.215. The van der Waals surface area contributed by atoms with Crippen LogP contribution in [0.4, 0.5) is 0 Å². The minimum Gasteiger partial charge on any atom is -0.468 e. The second-order valence-electron chi connectivity index (χ2n) is 7.81. The summed E-state index contributed by atoms with van der Waals surface area (Å²) in [5.41, 5.74) is 4.23. The Morgan fingerprint density at radius 2 is 1.96 bits per heavy atom. The van der Waals surface area contributed by atoms with Crippen LogP contribution in [0.15, 0.2) is 34.4 Å². The van der Waals surface area contributed by atoms with Gasteiger partial charge in [-0.15, -0.1) is 0 Å². The summed E-state index contributed by atoms with van der Waals surface area (Å²) in [6.45, 7) is 12.3. The standard InChI is InChI=1S/C21H31NO3S/c1-13(2)8-7-11-21(6)18(25-20(22)26-21)10-9-14(3)12-17-15(4)16(5)19(23)24-17/h8,12,17-18,22H,7,9-11H2,1-6H3/b14-12+,22-20?/t17-,18+,21-/m0/s1. The van der Waals surface area contributed by atoms with Gasteiger partial charge in [-0.3, -0.25) is 5.41 Å². The van der Waals surface area contributed by atoms with E-state index in [9.17, 15) is 4.79 Å². The molecule has 1 fully saturated rings. The van der Waals surface area contributed by atoms with E-state index >= 15 is 0 Å². The van der Waals surface area contributed by atoms with Crippen molar-refractivity contribution in [1.82, 2.24) is 0 Å². The Morgan fingerprint density at radius 1 is 1.27 bits per heavy atom. The molecule has 26 heavy (non-hydrogen) atoms. The molecule has 0 aliphatic carbocycles. The zero-order valence-electron chi connectivity index (χ0n) is 16.8. The van der Waals surface area contributed by atoms with Gasteiger partial charge in [-0.2, -0.15) is 0 Å². The van der Waals surface area contributed by atoms with Crippen molar-refractivity contribution in [2.24, 2.45) is 0 Å². The Hall–Kier alpha value is -1.49. The number of allylic oxidation sites excluding steroid dienone is 3. The van der Waals surface area contributed by atoms with Crippen molar-refractivity contribution in [2.75, 3.05) is 0 Å². The van der Waals surface area contributed by atoms with Crippen molar-refractivity contribution in [3.05, 3.63) is 34.4 Å². The Labute approximate surface area is 161 Å². The van der Waals surface area contributed by atoms with E-state index in [1.54, 1.807) is 11.8 Å². The number of rotatable bonds is 7. The normalized spacial score (nSPS) is 29.1. The molecule has 0 bridgehead atoms. The number of thioether (sulfide) groups is 1. The van der Waals surface area contributed by atoms with Crippen LogP contribution in [0.25, 0.3) is 0 Å². The molecule has 2 aliphatic rings. The summed E-state index contributed by atoms with van der Waals surface area (Å²) in [6, 6.07) is 0. The van der Waals surface area contributed by atoms with Crippen LogP contribution in [0, 0.1) is 5.41 Å². The van der Waals surface area contributed by atoms with Crippen LogP contribution in [0.2, 0.25) is 0 Å². The summed E-state index contributed by atoms with van der Waals surface area (Å²) in [5, 5.41) is 8.27. The fraction of sp³-hybridized carbons (Fsp3) is 0.619. The number of nitrogens with one attached hydrogen (secondary N) is 1. The summed E-state index contributed by atoms with van der Waals surface area (Å²) >= 11 is 1.55. The number of hydrogen-bond acceptors (Lipinski definition) is 5. The molecule has 0 saturated carbocycles. The molecule has 0 aromatic carbocycles. The van der Waals surface area contributed by atoms with Gasteiger partial charge < -0.3 is 9.47 Å². The molecule has 4 nitrogen and oxygen atoms in total. The van der Waals surface area contributed by atoms with Crippen molar-refractivity contribution < 1.29 is 14.3 Å². The van der Waals surface area contributed by atoms with E-state index < -0.39 is 0 Å². The maximum atomic E-state index is 11.7. The Balaban J connectivity index is 1.96. The monoisotopic (exact) mass is 377 g/mol. The van der Waals surface area contributed by atoms with Gasteiger partial charge in [0.1, 0.15) is 12.2 Å². The molecule has 0 aromatic rings. The first-order chi connectivity index (χ1) is 12.1. The number of carbonyl (C=O) groups is 1. The van der Waals surface area contributed by atoms with E-state index in [0.29, 0.717) is 5.23 Å². The molecule has 0 spiro atoms. The van der Waals surface area contributed by atoms with Gasteiger partial charge in [0.2, 0.25) is 5.23 Å². The molecule has 2 aliphatic heterocycles. The lowest BCUT2D eigenvalue weighted by Gasteiger charge is -2.27. The second kappa shape index (κ2) is 8.47. The highest BCUT2D eigenvalue weighted by atomic mass is 32.2. The van der Waals surface area contributed by atoms with Crippen LogP contribution in [0.3, 0.4) is 0 Å². The molecule has 0 aromatic heterocycles. The third-order valence-corrected chi connectivity index (χ3v) is 6.46. The van der Waals surface area contributed by atoms with Gasteiger partial charge in [0.05, 0.1) is 4.75 Å². The molecular formula is C21H31NO3S. The third kappa shape index (κ3) is 5.03. The van der Waals surface area contributed by atoms with Gasteiger partial charge in [-0.25, -0.2) is 4.79 Å². The van der Waals surface area contributed by atoms with E-state index in [-0.39, 0.29) is 22.9 Å². The lowest BCUT2D eigenvalue weighted by molar-refractivity contribution is -0.138. The predicted octanol–water partition coefficient (Wildman–Crippen LogP) is 5.55. The molecular weight excluding hydrogens is 346 g/mol. The third-order valence-electron chi connectivity index (χ3n) is 5.24. The summed E-state index contributed by atoms with van der Waals surface area (Å²) in [6.07, 6.45) is 7.85. The fourth-order valence-corrected chi connectivity index (χ4v) is 4.41. The largest absolute Gasteiger partial charge is 0.468 e. The molecule has 2 rings (SSSR count). The molecule has 0 unspecified atom stereocenters. The number of cyclic esters (lactones) is 1. The molecule has 1 N–H and O–H groups in total. The number of ether oxygens (including phenoxy) is 2. The average molecular weight is 378 g/mol. The Morgan fingerprint density at radius 3 is 2.54 bits per heavy atom. The van der Waals surface area contributed by atoms with Crippen molar-refractivity contribution in [1.29, 1.82) is 5.41 Å². The highest BCUT2D eigenvalue weighted by Gasteiger charge is 2.43. The first-order valence-electron chi connectivity index (χ1n) is 9.25. The van der Waals surface area contributed by atoms with Crippen molar-refractivity contribution >= 4 is 23.0 Å². The quantitative estimate of drug-likeness (QED) is 0.467. The molecule has 144 valence electrons. The Kier molecular flexibility index (Phi) is 6.78. The number of hydrogen-bond donors (Lipinski definition) is 1. The summed E-state index contributed by atoms with van der Waals surface area (Å²) in [7, 11) is 0. The zero-order valence-corrected chi connectivity index (χ0v) is 17.6. The second-order valence-corrected chi connectivity index (χ2v) is 9.32. The minimum atomic E-state index is -0.233. The van der Waals surface area contributed by atoms with Crippen LogP contribution in [-0.2, 0) is 14.3 Å². The van der Waals surface area contributed by atoms with Crippen LogP contribution in [0.5, 0.6) is 0 Å².